The SMILES string of the molecule is COc1cc(C)ccc1OCCNS(=O)(=O)c1ccccc1Cl. The van der Waals surface area contributed by atoms with Crippen LogP contribution in [0, 0.1) is 6.92 Å². The number of ether oxygens (including phenoxy) is 2. The average molecular weight is 356 g/mol. The van der Waals surface area contributed by atoms with E-state index in [-0.39, 0.29) is 23.1 Å². The molecule has 0 aliphatic heterocycles. The fourth-order valence-corrected chi connectivity index (χ4v) is 3.50. The van der Waals surface area contributed by atoms with Crippen molar-refractivity contribution in [2.75, 3.05) is 20.3 Å². The molecule has 0 bridgehead atoms. The van der Waals surface area contributed by atoms with Crippen LogP contribution in [0.4, 0.5) is 0 Å². The van der Waals surface area contributed by atoms with Crippen molar-refractivity contribution in [3.8, 4) is 11.5 Å². The minimum Gasteiger partial charge on any atom is -0.493 e. The Balaban J connectivity index is 1.94. The molecule has 0 amide bonds. The average Bonchev–Trinajstić information content (AvgIpc) is 2.52. The first kappa shape index (κ1) is 17.6. The van der Waals surface area contributed by atoms with Gasteiger partial charge in [0.15, 0.2) is 11.5 Å². The zero-order valence-corrected chi connectivity index (χ0v) is 14.4. The van der Waals surface area contributed by atoms with Gasteiger partial charge in [-0.05, 0) is 36.8 Å². The summed E-state index contributed by atoms with van der Waals surface area (Å²) in [4.78, 5) is 0.0505. The lowest BCUT2D eigenvalue weighted by Crippen LogP contribution is -2.28. The highest BCUT2D eigenvalue weighted by atomic mass is 35.5. The van der Waals surface area contributed by atoms with Crippen LogP contribution in [0.3, 0.4) is 0 Å². The van der Waals surface area contributed by atoms with Gasteiger partial charge in [0, 0.05) is 6.54 Å². The topological polar surface area (TPSA) is 64.6 Å². The van der Waals surface area contributed by atoms with Crippen LogP contribution in [0.15, 0.2) is 47.4 Å². The molecule has 0 saturated heterocycles. The van der Waals surface area contributed by atoms with Crippen molar-refractivity contribution < 1.29 is 17.9 Å². The summed E-state index contributed by atoms with van der Waals surface area (Å²) < 4.78 is 37.6. The van der Waals surface area contributed by atoms with Crippen molar-refractivity contribution in [2.45, 2.75) is 11.8 Å². The highest BCUT2D eigenvalue weighted by molar-refractivity contribution is 7.89. The van der Waals surface area contributed by atoms with Crippen LogP contribution in [0.1, 0.15) is 5.56 Å². The Bertz CT molecular complexity index is 777. The van der Waals surface area contributed by atoms with Crippen molar-refractivity contribution in [3.05, 3.63) is 53.1 Å². The zero-order chi connectivity index (χ0) is 16.9. The quantitative estimate of drug-likeness (QED) is 0.775. The Kier molecular flexibility index (Phi) is 5.87. The smallest absolute Gasteiger partial charge is 0.242 e. The molecule has 0 spiro atoms. The third-order valence-electron chi connectivity index (χ3n) is 3.10. The first-order chi connectivity index (χ1) is 10.9. The number of nitrogens with one attached hydrogen (secondary N) is 1. The Hall–Kier alpha value is -1.76. The van der Waals surface area contributed by atoms with E-state index in [1.165, 1.54) is 12.1 Å². The normalized spacial score (nSPS) is 11.3. The maximum absolute atomic E-state index is 12.2. The molecule has 2 aromatic rings. The van der Waals surface area contributed by atoms with E-state index in [4.69, 9.17) is 21.1 Å². The number of hydrogen-bond acceptors (Lipinski definition) is 4. The Morgan fingerprint density at radius 1 is 1.13 bits per heavy atom. The molecule has 0 radical (unpaired) electrons. The first-order valence-electron chi connectivity index (χ1n) is 6.95. The van der Waals surface area contributed by atoms with Crippen molar-refractivity contribution in [1.29, 1.82) is 0 Å². The first-order valence-corrected chi connectivity index (χ1v) is 8.82. The summed E-state index contributed by atoms with van der Waals surface area (Å²) in [6.45, 7) is 2.23. The van der Waals surface area contributed by atoms with Crippen molar-refractivity contribution >= 4 is 21.6 Å². The molecule has 0 unspecified atom stereocenters. The largest absolute Gasteiger partial charge is 0.493 e. The maximum Gasteiger partial charge on any atom is 0.242 e. The lowest BCUT2D eigenvalue weighted by Gasteiger charge is -2.12. The summed E-state index contributed by atoms with van der Waals surface area (Å²) in [7, 11) is -2.10. The predicted molar refractivity (Wildman–Crippen MR) is 89.9 cm³/mol. The number of halogens is 1. The minimum absolute atomic E-state index is 0.0505. The number of sulfonamides is 1. The minimum atomic E-state index is -3.66. The van der Waals surface area contributed by atoms with E-state index < -0.39 is 10.0 Å². The summed E-state index contributed by atoms with van der Waals surface area (Å²) in [5.74, 6) is 1.18. The molecule has 2 rings (SSSR count). The zero-order valence-electron chi connectivity index (χ0n) is 12.9. The summed E-state index contributed by atoms with van der Waals surface area (Å²) in [6.07, 6.45) is 0. The van der Waals surface area contributed by atoms with Crippen LogP contribution in [0.5, 0.6) is 11.5 Å². The predicted octanol–water partition coefficient (Wildman–Crippen LogP) is 3.01. The molecule has 0 fully saturated rings. The highest BCUT2D eigenvalue weighted by Crippen LogP contribution is 2.27. The number of rotatable bonds is 7. The van der Waals surface area contributed by atoms with E-state index in [1.54, 1.807) is 25.3 Å². The number of hydrogen-bond donors (Lipinski definition) is 1. The standard InChI is InChI=1S/C16H18ClNO4S/c1-12-7-8-14(15(11-12)21-2)22-10-9-18-23(19,20)16-6-4-3-5-13(16)17/h3-8,11,18H,9-10H2,1-2H3. The Labute approximate surface area is 141 Å². The summed E-state index contributed by atoms with van der Waals surface area (Å²) in [5, 5.41) is 0.182. The Morgan fingerprint density at radius 2 is 1.87 bits per heavy atom. The molecule has 1 N–H and O–H groups in total. The second kappa shape index (κ2) is 7.68. The van der Waals surface area contributed by atoms with Gasteiger partial charge in [-0.3, -0.25) is 0 Å². The maximum atomic E-state index is 12.2. The lowest BCUT2D eigenvalue weighted by atomic mass is 10.2. The summed E-state index contributed by atoms with van der Waals surface area (Å²) in [5.41, 5.74) is 1.05. The van der Waals surface area contributed by atoms with Crippen LogP contribution in [-0.4, -0.2) is 28.7 Å². The van der Waals surface area contributed by atoms with Crippen molar-refractivity contribution in [3.63, 3.8) is 0 Å². The number of aryl methyl sites for hydroxylation is 1. The van der Waals surface area contributed by atoms with Gasteiger partial charge in [-0.1, -0.05) is 29.8 Å². The fraction of sp³-hybridized carbons (Fsp3) is 0.250. The van der Waals surface area contributed by atoms with Crippen molar-refractivity contribution in [1.82, 2.24) is 4.72 Å². The van der Waals surface area contributed by atoms with E-state index >= 15 is 0 Å². The van der Waals surface area contributed by atoms with Gasteiger partial charge in [-0.2, -0.15) is 0 Å². The van der Waals surface area contributed by atoms with Gasteiger partial charge in [0.05, 0.1) is 12.1 Å². The van der Waals surface area contributed by atoms with Gasteiger partial charge in [-0.25, -0.2) is 13.1 Å². The second-order valence-corrected chi connectivity index (χ2v) is 6.97. The van der Waals surface area contributed by atoms with Crippen LogP contribution in [0.2, 0.25) is 5.02 Å². The molecule has 2 aromatic carbocycles. The summed E-state index contributed by atoms with van der Waals surface area (Å²) >= 11 is 5.90. The lowest BCUT2D eigenvalue weighted by molar-refractivity contribution is 0.298. The molecule has 0 aromatic heterocycles. The molecule has 23 heavy (non-hydrogen) atoms. The summed E-state index contributed by atoms with van der Waals surface area (Å²) in [6, 6.07) is 11.8. The van der Waals surface area contributed by atoms with Gasteiger partial charge in [0.25, 0.3) is 0 Å². The monoisotopic (exact) mass is 355 g/mol. The van der Waals surface area contributed by atoms with Gasteiger partial charge in [0.2, 0.25) is 10.0 Å². The fourth-order valence-electron chi connectivity index (χ4n) is 1.97. The molecule has 124 valence electrons. The third kappa shape index (κ3) is 4.60. The molecule has 7 heteroatoms. The van der Waals surface area contributed by atoms with Crippen LogP contribution in [0.25, 0.3) is 0 Å². The molecule has 0 atom stereocenters. The van der Waals surface area contributed by atoms with Gasteiger partial charge >= 0.3 is 0 Å². The van der Waals surface area contributed by atoms with Crippen LogP contribution < -0.4 is 14.2 Å². The van der Waals surface area contributed by atoms with Gasteiger partial charge in [0.1, 0.15) is 11.5 Å². The van der Waals surface area contributed by atoms with E-state index in [0.717, 1.165) is 5.56 Å². The molecule has 0 heterocycles. The molecular weight excluding hydrogens is 338 g/mol. The van der Waals surface area contributed by atoms with Crippen LogP contribution in [-0.2, 0) is 10.0 Å². The van der Waals surface area contributed by atoms with Crippen molar-refractivity contribution in [2.24, 2.45) is 0 Å². The van der Waals surface area contributed by atoms with E-state index in [2.05, 4.69) is 4.72 Å². The second-order valence-electron chi connectivity index (χ2n) is 4.83. The van der Waals surface area contributed by atoms with Gasteiger partial charge < -0.3 is 9.47 Å². The number of methoxy groups -OCH3 is 1. The van der Waals surface area contributed by atoms with Gasteiger partial charge in [-0.15, -0.1) is 0 Å². The van der Waals surface area contributed by atoms with E-state index in [0.29, 0.717) is 11.5 Å². The third-order valence-corrected chi connectivity index (χ3v) is 5.06. The number of benzene rings is 2. The molecule has 0 aliphatic carbocycles. The molecule has 5 nitrogen and oxygen atoms in total. The Morgan fingerprint density at radius 3 is 2.57 bits per heavy atom. The van der Waals surface area contributed by atoms with E-state index in [9.17, 15) is 8.42 Å². The van der Waals surface area contributed by atoms with E-state index in [1.807, 2.05) is 19.1 Å². The molecule has 0 saturated carbocycles. The molecule has 0 aliphatic rings. The van der Waals surface area contributed by atoms with Crippen LogP contribution >= 0.6 is 11.6 Å². The molecular formula is C16H18ClNO4S. The highest BCUT2D eigenvalue weighted by Gasteiger charge is 2.16.